The molecule has 4 aliphatic heterocycles. The Balaban J connectivity index is 0.729. The van der Waals surface area contributed by atoms with Gasteiger partial charge in [0.25, 0.3) is 0 Å². The van der Waals surface area contributed by atoms with Gasteiger partial charge in [-0.2, -0.15) is 0 Å². The van der Waals surface area contributed by atoms with E-state index >= 15 is 0 Å². The van der Waals surface area contributed by atoms with Gasteiger partial charge in [0.05, 0.1) is 38.5 Å². The van der Waals surface area contributed by atoms with Crippen molar-refractivity contribution in [3.8, 4) is 0 Å². The third-order valence-electron chi connectivity index (χ3n) is 18.9. The van der Waals surface area contributed by atoms with E-state index in [9.17, 15) is 38.4 Å². The van der Waals surface area contributed by atoms with Gasteiger partial charge in [-0.3, -0.25) is 38.4 Å². The van der Waals surface area contributed by atoms with Crippen molar-refractivity contribution in [2.45, 2.75) is 164 Å². The van der Waals surface area contributed by atoms with Gasteiger partial charge >= 0.3 is 0 Å². The molecule has 23 nitrogen and oxygen atoms in total. The molecule has 0 unspecified atom stereocenters. The minimum Gasteiger partial charge on any atom is -0.379 e. The number of hydrogen-bond donors (Lipinski definition) is 10. The number of rotatable bonds is 38. The summed E-state index contributed by atoms with van der Waals surface area (Å²) in [5.74, 6) is -3.15. The van der Waals surface area contributed by atoms with Gasteiger partial charge in [-0.05, 0) is 113 Å². The molecule has 0 bridgehead atoms. The zero-order valence-corrected chi connectivity index (χ0v) is 55.8. The van der Waals surface area contributed by atoms with Crippen LogP contribution in [-0.4, -0.2) is 185 Å². The second kappa shape index (κ2) is 38.8. The molecule has 8 amide bonds. The van der Waals surface area contributed by atoms with Crippen LogP contribution in [0, 0.1) is 11.8 Å². The summed E-state index contributed by atoms with van der Waals surface area (Å²) in [5.41, 5.74) is 3.41. The van der Waals surface area contributed by atoms with E-state index in [4.69, 9.17) is 14.2 Å². The molecule has 4 aromatic carbocycles. The van der Waals surface area contributed by atoms with E-state index in [1.54, 1.807) is 72.4 Å². The first-order valence-corrected chi connectivity index (χ1v) is 34.4. The molecular formula is C72H102N12O11. The number of fused-ring (bicyclic) bond motifs is 2. The number of nitrogens with zero attached hydrogens (tertiary/aromatic N) is 2. The van der Waals surface area contributed by atoms with Crippen LogP contribution in [-0.2, 0) is 65.7 Å². The molecular weight excluding hydrogens is 1210 g/mol. The molecule has 0 aliphatic carbocycles. The second-order valence-corrected chi connectivity index (χ2v) is 25.2. The average Bonchev–Trinajstić information content (AvgIpc) is 1.66. The summed E-state index contributed by atoms with van der Waals surface area (Å²) in [6.07, 6.45) is 6.91. The summed E-state index contributed by atoms with van der Waals surface area (Å²) < 4.78 is 17.3. The summed E-state index contributed by atoms with van der Waals surface area (Å²) in [5, 5.41) is 31.2. The number of benzene rings is 4. The van der Waals surface area contributed by atoms with Crippen LogP contribution in [0.2, 0.25) is 0 Å². The molecule has 23 heteroatoms. The predicted octanol–water partition coefficient (Wildman–Crippen LogP) is 3.85. The molecule has 0 radical (unpaired) electrons. The predicted molar refractivity (Wildman–Crippen MR) is 362 cm³/mol. The summed E-state index contributed by atoms with van der Waals surface area (Å²) in [4.78, 5) is 117. The van der Waals surface area contributed by atoms with Crippen molar-refractivity contribution in [3.63, 3.8) is 0 Å². The zero-order valence-electron chi connectivity index (χ0n) is 55.8. The Hall–Kier alpha value is -7.64. The minimum atomic E-state index is -1.02. The van der Waals surface area contributed by atoms with Gasteiger partial charge in [0.1, 0.15) is 36.3 Å². The van der Waals surface area contributed by atoms with E-state index in [1.807, 2.05) is 86.6 Å². The fourth-order valence-electron chi connectivity index (χ4n) is 13.6. The summed E-state index contributed by atoms with van der Waals surface area (Å²) in [6, 6.07) is 31.3. The molecule has 12 atom stereocenters. The third kappa shape index (κ3) is 21.2. The monoisotopic (exact) mass is 1310 g/mol. The van der Waals surface area contributed by atoms with E-state index in [1.165, 1.54) is 0 Å². The maximum Gasteiger partial charge on any atom is 0.247 e. The van der Waals surface area contributed by atoms with Crippen molar-refractivity contribution < 1.29 is 52.6 Å². The molecule has 10 N–H and O–H groups in total. The number of ether oxygens (including phenoxy) is 3. The zero-order chi connectivity index (χ0) is 67.3. The molecule has 95 heavy (non-hydrogen) atoms. The van der Waals surface area contributed by atoms with Crippen molar-refractivity contribution in [3.05, 3.63) is 144 Å². The summed E-state index contributed by atoms with van der Waals surface area (Å²) >= 11 is 0. The number of amides is 8. The van der Waals surface area contributed by atoms with Crippen molar-refractivity contribution in [2.24, 2.45) is 11.8 Å². The first-order chi connectivity index (χ1) is 46.3. The Morgan fingerprint density at radius 1 is 0.453 bits per heavy atom. The lowest BCUT2D eigenvalue weighted by Crippen LogP contribution is -2.59. The number of nitrogens with one attached hydrogen (secondary N) is 10. The standard InChI is InChI=1S/C72H102N12O11/c1-5-57(73-3)65(85)81-63-53(47-75-45-49-21-11-7-12-22-49)29-31-55-33-35-59(83(55)71(63)91)67(87)79-61(51-25-15-9-16-26-51)69(89)77-37-19-39-93-41-43-95-44-42-94-40-20-38-78-70(90)62(52-27-17-10-18-28-52)80-68(88)60-36-34-56-32-30-54(48-76-46-50-23-13-8-14-24-50)64(72(92)84(56)60)82-66(86)58(6-2)74-4/h7-18,21-28,53-64,73-76H,5-6,19-20,29-48H2,1-4H3,(H,77,89)(H,78,90)(H,79,87)(H,80,88)(H,81,85)(H,82,86)/t53-,54-,55+,56+,57+,58+,59+,60+,61+,62+,63+,64+/m1/s1. The Labute approximate surface area is 560 Å². The van der Waals surface area contributed by atoms with Crippen molar-refractivity contribution >= 4 is 47.3 Å². The molecule has 4 saturated heterocycles. The van der Waals surface area contributed by atoms with Crippen molar-refractivity contribution in [1.29, 1.82) is 0 Å². The van der Waals surface area contributed by atoms with Crippen LogP contribution in [0.4, 0.5) is 0 Å². The lowest BCUT2D eigenvalue weighted by atomic mass is 9.92. The van der Waals surface area contributed by atoms with Crippen LogP contribution < -0.4 is 53.2 Å². The maximum atomic E-state index is 14.7. The van der Waals surface area contributed by atoms with Gasteiger partial charge in [-0.1, -0.05) is 135 Å². The van der Waals surface area contributed by atoms with Crippen LogP contribution in [0.3, 0.4) is 0 Å². The Morgan fingerprint density at radius 3 is 1.16 bits per heavy atom. The highest BCUT2D eigenvalue weighted by Gasteiger charge is 2.50. The molecule has 8 rings (SSSR count). The van der Waals surface area contributed by atoms with Gasteiger partial charge in [-0.25, -0.2) is 0 Å². The van der Waals surface area contributed by atoms with Crippen LogP contribution in [0.1, 0.15) is 125 Å². The van der Waals surface area contributed by atoms with E-state index in [0.29, 0.717) is 154 Å². The normalized spacial score (nSPS) is 22.2. The molecule has 4 fully saturated rings. The summed E-state index contributed by atoms with van der Waals surface area (Å²) in [7, 11) is 3.44. The average molecular weight is 1310 g/mol. The lowest BCUT2D eigenvalue weighted by molar-refractivity contribution is -0.144. The topological polar surface area (TPSA) is 291 Å². The Kier molecular flexibility index (Phi) is 29.9. The highest BCUT2D eigenvalue weighted by molar-refractivity contribution is 5.97. The van der Waals surface area contributed by atoms with Crippen LogP contribution in [0.25, 0.3) is 0 Å². The van der Waals surface area contributed by atoms with Crippen LogP contribution in [0.5, 0.6) is 0 Å². The lowest BCUT2D eigenvalue weighted by Gasteiger charge is -2.33. The van der Waals surface area contributed by atoms with Gasteiger partial charge in [-0.15, -0.1) is 0 Å². The quantitative estimate of drug-likeness (QED) is 0.0285. The molecule has 516 valence electrons. The summed E-state index contributed by atoms with van der Waals surface area (Å²) in [6.45, 7) is 8.59. The van der Waals surface area contributed by atoms with Crippen molar-refractivity contribution in [1.82, 2.24) is 63.0 Å². The minimum absolute atomic E-state index is 0.186. The van der Waals surface area contributed by atoms with E-state index in [-0.39, 0.29) is 60.6 Å². The van der Waals surface area contributed by atoms with E-state index in [0.717, 1.165) is 11.1 Å². The smallest absolute Gasteiger partial charge is 0.247 e. The SMILES string of the molecule is CC[C@H](NC)C(=O)N[C@@H]1C(=O)N2[C@@H](CC[C@@H]1CNCc1ccccc1)CC[C@H]2C(=O)N[C@H](C(=O)NCCCOCCOCCOCCCNC(=O)[C@@H](NC(=O)[C@@H]1CC[C@@H]2CC[C@H](CNCc3ccccc3)[C@H](NC(=O)[C@H](CC)NC)C(=O)N21)c1ccccc1)c1ccccc1. The van der Waals surface area contributed by atoms with E-state index in [2.05, 4.69) is 53.2 Å². The largest absolute Gasteiger partial charge is 0.379 e. The van der Waals surface area contributed by atoms with Crippen molar-refractivity contribution in [2.75, 3.05) is 79.9 Å². The Bertz CT molecular complexity index is 2840. The highest BCUT2D eigenvalue weighted by atomic mass is 16.5. The fourth-order valence-corrected chi connectivity index (χ4v) is 13.6. The Morgan fingerprint density at radius 2 is 0.800 bits per heavy atom. The van der Waals surface area contributed by atoms with Gasteiger partial charge in [0.2, 0.25) is 47.3 Å². The third-order valence-corrected chi connectivity index (χ3v) is 18.9. The molecule has 0 spiro atoms. The van der Waals surface area contributed by atoms with Crippen LogP contribution in [0.15, 0.2) is 121 Å². The molecule has 4 aromatic rings. The first-order valence-electron chi connectivity index (χ1n) is 34.4. The number of likely N-dealkylation sites (N-methyl/N-ethyl adjacent to an activating group) is 2. The molecule has 4 aliphatic rings. The number of carbonyl (C=O) groups excluding carboxylic acids is 8. The number of hydrogen-bond acceptors (Lipinski definition) is 15. The van der Waals surface area contributed by atoms with Crippen LogP contribution >= 0.6 is 0 Å². The van der Waals surface area contributed by atoms with Gasteiger partial charge in [0.15, 0.2) is 0 Å². The van der Waals surface area contributed by atoms with Gasteiger partial charge < -0.3 is 77.2 Å². The molecule has 0 saturated carbocycles. The first kappa shape index (κ1) is 73.2. The van der Waals surface area contributed by atoms with E-state index < -0.39 is 72.0 Å². The second-order valence-electron chi connectivity index (χ2n) is 25.2. The highest BCUT2D eigenvalue weighted by Crippen LogP contribution is 2.36. The number of carbonyl (C=O) groups is 8. The van der Waals surface area contributed by atoms with Gasteiger partial charge in [0, 0.05) is 76.4 Å². The molecule has 0 aromatic heterocycles. The molecule has 4 heterocycles. The maximum absolute atomic E-state index is 14.7. The fraction of sp³-hybridized carbons (Fsp3) is 0.556.